The lowest BCUT2D eigenvalue weighted by Crippen LogP contribution is -2.19. The second kappa shape index (κ2) is 6.81. The van der Waals surface area contributed by atoms with Crippen LogP contribution in [0.4, 0.5) is 0 Å². The number of phenols is 1. The normalized spacial score (nSPS) is 10.5. The van der Waals surface area contributed by atoms with Crippen LogP contribution in [-0.4, -0.2) is 35.4 Å². The maximum Gasteiger partial charge on any atom is 0.200 e. The number of benzene rings is 1. The highest BCUT2D eigenvalue weighted by Crippen LogP contribution is 2.36. The maximum absolute atomic E-state index is 9.83. The maximum atomic E-state index is 9.83. The number of hydrogen-bond donors (Lipinski definition) is 2. The van der Waals surface area contributed by atoms with Gasteiger partial charge in [0.2, 0.25) is 5.75 Å². The van der Waals surface area contributed by atoms with Crippen LogP contribution in [0.3, 0.4) is 0 Å². The van der Waals surface area contributed by atoms with Gasteiger partial charge in [-0.3, -0.25) is 0 Å². The molecule has 0 spiro atoms. The zero-order valence-corrected chi connectivity index (χ0v) is 11.7. The SMILES string of the molecule is COc1cc(CNCCn2ccnc2)cc(OC)c1O. The molecule has 2 N–H and O–H groups in total. The minimum atomic E-state index is 0.0252. The summed E-state index contributed by atoms with van der Waals surface area (Å²) in [6.07, 6.45) is 5.47. The number of phenolic OH excluding ortho intramolecular Hbond substituents is 1. The van der Waals surface area contributed by atoms with E-state index >= 15 is 0 Å². The van der Waals surface area contributed by atoms with Gasteiger partial charge in [-0.15, -0.1) is 0 Å². The van der Waals surface area contributed by atoms with Gasteiger partial charge in [-0.1, -0.05) is 0 Å². The van der Waals surface area contributed by atoms with Gasteiger partial charge in [-0.05, 0) is 17.7 Å². The van der Waals surface area contributed by atoms with Gasteiger partial charge in [-0.25, -0.2) is 4.98 Å². The van der Waals surface area contributed by atoms with Crippen molar-refractivity contribution in [2.45, 2.75) is 13.1 Å². The number of hydrogen-bond acceptors (Lipinski definition) is 5. The number of imidazole rings is 1. The van der Waals surface area contributed by atoms with E-state index in [1.165, 1.54) is 14.2 Å². The van der Waals surface area contributed by atoms with E-state index in [1.807, 2.05) is 10.8 Å². The first-order valence-electron chi connectivity index (χ1n) is 6.35. The number of nitrogens with one attached hydrogen (secondary N) is 1. The van der Waals surface area contributed by atoms with Crippen molar-refractivity contribution in [3.8, 4) is 17.2 Å². The summed E-state index contributed by atoms with van der Waals surface area (Å²) in [5.41, 5.74) is 0.988. The number of nitrogens with zero attached hydrogens (tertiary/aromatic N) is 2. The van der Waals surface area contributed by atoms with Crippen molar-refractivity contribution in [2.24, 2.45) is 0 Å². The molecule has 0 fully saturated rings. The lowest BCUT2D eigenvalue weighted by Gasteiger charge is -2.12. The number of rotatable bonds is 7. The van der Waals surface area contributed by atoms with Gasteiger partial charge in [0, 0.05) is 32.0 Å². The molecule has 1 aromatic carbocycles. The van der Waals surface area contributed by atoms with E-state index in [0.717, 1.165) is 18.7 Å². The summed E-state index contributed by atoms with van der Waals surface area (Å²) >= 11 is 0. The molecule has 0 radical (unpaired) electrons. The average Bonchev–Trinajstić information content (AvgIpc) is 2.98. The van der Waals surface area contributed by atoms with E-state index in [4.69, 9.17) is 9.47 Å². The lowest BCUT2D eigenvalue weighted by atomic mass is 10.2. The summed E-state index contributed by atoms with van der Waals surface area (Å²) < 4.78 is 12.3. The first-order valence-corrected chi connectivity index (χ1v) is 6.35. The molecule has 1 aromatic heterocycles. The third-order valence-corrected chi connectivity index (χ3v) is 2.97. The highest BCUT2D eigenvalue weighted by atomic mass is 16.5. The van der Waals surface area contributed by atoms with Gasteiger partial charge >= 0.3 is 0 Å². The van der Waals surface area contributed by atoms with E-state index in [1.54, 1.807) is 24.7 Å². The lowest BCUT2D eigenvalue weighted by molar-refractivity contribution is 0.339. The Labute approximate surface area is 118 Å². The highest BCUT2D eigenvalue weighted by Gasteiger charge is 2.10. The summed E-state index contributed by atoms with van der Waals surface area (Å²) in [6, 6.07) is 3.59. The predicted octanol–water partition coefficient (Wildman–Crippen LogP) is 1.40. The van der Waals surface area contributed by atoms with Crippen molar-refractivity contribution in [1.82, 2.24) is 14.9 Å². The molecule has 1 heterocycles. The van der Waals surface area contributed by atoms with E-state index < -0.39 is 0 Å². The fourth-order valence-electron chi connectivity index (χ4n) is 1.91. The van der Waals surface area contributed by atoms with Crippen LogP contribution in [0.2, 0.25) is 0 Å². The van der Waals surface area contributed by atoms with Gasteiger partial charge < -0.3 is 24.5 Å². The molecule has 0 aliphatic carbocycles. The average molecular weight is 277 g/mol. The van der Waals surface area contributed by atoms with Crippen LogP contribution < -0.4 is 14.8 Å². The molecule has 0 atom stereocenters. The Morgan fingerprint density at radius 2 is 1.95 bits per heavy atom. The molecule has 0 aliphatic heterocycles. The molecule has 0 aliphatic rings. The first-order chi connectivity index (χ1) is 9.74. The Bertz CT molecular complexity index is 516. The Morgan fingerprint density at radius 1 is 1.25 bits per heavy atom. The molecule has 0 saturated carbocycles. The third-order valence-electron chi connectivity index (χ3n) is 2.97. The van der Waals surface area contributed by atoms with E-state index in [-0.39, 0.29) is 5.75 Å². The molecule has 0 amide bonds. The molecule has 2 aromatic rings. The van der Waals surface area contributed by atoms with Gasteiger partial charge in [0.1, 0.15) is 0 Å². The minimum Gasteiger partial charge on any atom is -0.502 e. The Hall–Kier alpha value is -2.21. The Morgan fingerprint density at radius 3 is 2.50 bits per heavy atom. The molecule has 6 nitrogen and oxygen atoms in total. The van der Waals surface area contributed by atoms with Crippen LogP contribution >= 0.6 is 0 Å². The van der Waals surface area contributed by atoms with Gasteiger partial charge in [0.15, 0.2) is 11.5 Å². The zero-order chi connectivity index (χ0) is 14.4. The predicted molar refractivity (Wildman–Crippen MR) is 75.1 cm³/mol. The van der Waals surface area contributed by atoms with Gasteiger partial charge in [0.05, 0.1) is 20.5 Å². The van der Waals surface area contributed by atoms with Gasteiger partial charge in [-0.2, -0.15) is 0 Å². The summed E-state index contributed by atoms with van der Waals surface area (Å²) in [5.74, 6) is 0.851. The smallest absolute Gasteiger partial charge is 0.200 e. The Balaban J connectivity index is 1.92. The molecule has 20 heavy (non-hydrogen) atoms. The van der Waals surface area contributed by atoms with Crippen molar-refractivity contribution < 1.29 is 14.6 Å². The molecular formula is C14H19N3O3. The molecule has 2 rings (SSSR count). The second-order valence-electron chi connectivity index (χ2n) is 4.33. The van der Waals surface area contributed by atoms with E-state index in [2.05, 4.69) is 10.3 Å². The number of aromatic nitrogens is 2. The van der Waals surface area contributed by atoms with Crippen molar-refractivity contribution in [3.63, 3.8) is 0 Å². The third kappa shape index (κ3) is 3.42. The fourth-order valence-corrected chi connectivity index (χ4v) is 1.91. The summed E-state index contributed by atoms with van der Waals surface area (Å²) in [6.45, 7) is 2.34. The van der Waals surface area contributed by atoms with Crippen molar-refractivity contribution in [3.05, 3.63) is 36.4 Å². The minimum absolute atomic E-state index is 0.0252. The zero-order valence-electron chi connectivity index (χ0n) is 11.7. The summed E-state index contributed by atoms with van der Waals surface area (Å²) in [5, 5.41) is 13.1. The highest BCUT2D eigenvalue weighted by molar-refractivity contribution is 5.52. The fraction of sp³-hybridized carbons (Fsp3) is 0.357. The van der Waals surface area contributed by atoms with Crippen LogP contribution in [0.5, 0.6) is 17.2 Å². The van der Waals surface area contributed by atoms with Crippen LogP contribution in [0.15, 0.2) is 30.9 Å². The molecule has 6 heteroatoms. The first kappa shape index (κ1) is 14.2. The second-order valence-corrected chi connectivity index (χ2v) is 4.33. The molecule has 0 unspecified atom stereocenters. The van der Waals surface area contributed by atoms with Crippen LogP contribution in [0, 0.1) is 0 Å². The van der Waals surface area contributed by atoms with Crippen molar-refractivity contribution in [2.75, 3.05) is 20.8 Å². The molecule has 108 valence electrons. The summed E-state index contributed by atoms with van der Waals surface area (Å²) in [7, 11) is 3.04. The molecular weight excluding hydrogens is 258 g/mol. The number of aromatic hydroxyl groups is 1. The number of methoxy groups -OCH3 is 2. The van der Waals surface area contributed by atoms with E-state index in [0.29, 0.717) is 18.0 Å². The van der Waals surface area contributed by atoms with Crippen LogP contribution in [0.25, 0.3) is 0 Å². The molecule has 0 saturated heterocycles. The Kier molecular flexibility index (Phi) is 4.84. The van der Waals surface area contributed by atoms with Crippen LogP contribution in [-0.2, 0) is 13.1 Å². The van der Waals surface area contributed by atoms with E-state index in [9.17, 15) is 5.11 Å². The van der Waals surface area contributed by atoms with Crippen molar-refractivity contribution in [1.29, 1.82) is 0 Å². The monoisotopic (exact) mass is 277 g/mol. The number of ether oxygens (including phenoxy) is 2. The quantitative estimate of drug-likeness (QED) is 0.749. The largest absolute Gasteiger partial charge is 0.502 e. The topological polar surface area (TPSA) is 68.5 Å². The summed E-state index contributed by atoms with van der Waals surface area (Å²) in [4.78, 5) is 3.99. The molecule has 0 bridgehead atoms. The van der Waals surface area contributed by atoms with Crippen LogP contribution in [0.1, 0.15) is 5.56 Å². The van der Waals surface area contributed by atoms with Gasteiger partial charge in [0.25, 0.3) is 0 Å². The van der Waals surface area contributed by atoms with Crippen molar-refractivity contribution >= 4 is 0 Å². The standard InChI is InChI=1S/C14H19N3O3/c1-19-12-7-11(8-13(20-2)14(12)18)9-15-3-5-17-6-4-16-10-17/h4,6-8,10,15,18H,3,5,9H2,1-2H3.